The van der Waals surface area contributed by atoms with Gasteiger partial charge in [-0.05, 0) is 57.4 Å². The Morgan fingerprint density at radius 2 is 1.70 bits per heavy atom. The molecule has 2 amide bonds. The molecule has 220 valence electrons. The molecular formula is C32H30N4O5S2. The average molecular weight is 615 g/mol. The molecular weight excluding hydrogens is 585 g/mol. The van der Waals surface area contributed by atoms with Gasteiger partial charge < -0.3 is 15.4 Å². The van der Waals surface area contributed by atoms with Crippen molar-refractivity contribution < 1.29 is 19.1 Å². The van der Waals surface area contributed by atoms with Crippen LogP contribution in [-0.2, 0) is 16.1 Å². The van der Waals surface area contributed by atoms with Gasteiger partial charge in [0.15, 0.2) is 0 Å². The van der Waals surface area contributed by atoms with E-state index in [9.17, 15) is 19.2 Å². The van der Waals surface area contributed by atoms with Crippen molar-refractivity contribution >= 4 is 61.4 Å². The predicted molar refractivity (Wildman–Crippen MR) is 172 cm³/mol. The van der Waals surface area contributed by atoms with Gasteiger partial charge in [0.05, 0.1) is 23.2 Å². The fraction of sp³-hybridized carbons (Fsp3) is 0.219. The maximum atomic E-state index is 13.4. The number of carbonyl (C=O) groups excluding carboxylic acids is 3. The second kappa shape index (κ2) is 12.3. The number of ether oxygens (including phenoxy) is 1. The number of hydrogen-bond donors (Lipinski definition) is 2. The summed E-state index contributed by atoms with van der Waals surface area (Å²) in [4.78, 5) is 57.8. The van der Waals surface area contributed by atoms with Crippen LogP contribution in [0.15, 0.2) is 59.0 Å². The molecule has 0 saturated carbocycles. The minimum atomic E-state index is -0.546. The maximum absolute atomic E-state index is 13.4. The number of rotatable bonds is 8. The molecule has 0 radical (unpaired) electrons. The van der Waals surface area contributed by atoms with Gasteiger partial charge in [-0.15, -0.1) is 22.7 Å². The van der Waals surface area contributed by atoms with E-state index in [2.05, 4.69) is 15.6 Å². The van der Waals surface area contributed by atoms with E-state index < -0.39 is 17.4 Å². The van der Waals surface area contributed by atoms with Gasteiger partial charge in [-0.1, -0.05) is 47.5 Å². The number of benzene rings is 2. The molecule has 0 spiro atoms. The Morgan fingerprint density at radius 1 is 0.977 bits per heavy atom. The first-order valence-electron chi connectivity index (χ1n) is 13.6. The number of carbonyl (C=O) groups is 3. The number of amides is 2. The number of nitrogens with zero attached hydrogens (tertiary/aromatic N) is 2. The molecule has 0 saturated heterocycles. The number of thiophene rings is 2. The molecule has 43 heavy (non-hydrogen) atoms. The fourth-order valence-electron chi connectivity index (χ4n) is 4.74. The van der Waals surface area contributed by atoms with Crippen LogP contribution in [0.5, 0.6) is 0 Å². The summed E-state index contributed by atoms with van der Waals surface area (Å²) in [5.74, 6) is -1.38. The van der Waals surface area contributed by atoms with Gasteiger partial charge in [0.1, 0.15) is 21.9 Å². The topological polar surface area (TPSA) is 119 Å². The van der Waals surface area contributed by atoms with Crippen molar-refractivity contribution in [1.82, 2.24) is 9.55 Å². The lowest BCUT2D eigenvalue weighted by atomic mass is 10.0. The normalized spacial score (nSPS) is 11.0. The van der Waals surface area contributed by atoms with Crippen molar-refractivity contribution in [3.05, 3.63) is 97.2 Å². The van der Waals surface area contributed by atoms with Crippen LogP contribution in [0.25, 0.3) is 21.3 Å². The van der Waals surface area contributed by atoms with E-state index >= 15 is 0 Å². The average Bonchev–Trinajstić information content (AvgIpc) is 3.53. The zero-order valence-electron chi connectivity index (χ0n) is 24.4. The third kappa shape index (κ3) is 6.13. The van der Waals surface area contributed by atoms with E-state index in [1.807, 2.05) is 63.2 Å². The molecule has 0 aliphatic carbocycles. The minimum Gasteiger partial charge on any atom is -0.462 e. The zero-order valence-corrected chi connectivity index (χ0v) is 26.0. The summed E-state index contributed by atoms with van der Waals surface area (Å²) in [5.41, 5.74) is 5.59. The van der Waals surface area contributed by atoms with Gasteiger partial charge in [0.25, 0.3) is 11.5 Å². The van der Waals surface area contributed by atoms with Crippen LogP contribution in [0.3, 0.4) is 0 Å². The van der Waals surface area contributed by atoms with Crippen molar-refractivity contribution in [3.63, 3.8) is 0 Å². The van der Waals surface area contributed by atoms with Crippen LogP contribution < -0.4 is 16.2 Å². The summed E-state index contributed by atoms with van der Waals surface area (Å²) in [7, 11) is 0. The summed E-state index contributed by atoms with van der Waals surface area (Å²) in [6, 6.07) is 13.5. The molecule has 0 aliphatic heterocycles. The van der Waals surface area contributed by atoms with Gasteiger partial charge in [-0.2, -0.15) is 0 Å². The molecule has 3 heterocycles. The van der Waals surface area contributed by atoms with E-state index in [4.69, 9.17) is 4.74 Å². The van der Waals surface area contributed by atoms with E-state index in [0.717, 1.165) is 33.6 Å². The molecule has 0 bridgehead atoms. The molecule has 3 aromatic heterocycles. The lowest BCUT2D eigenvalue weighted by Crippen LogP contribution is -2.28. The van der Waals surface area contributed by atoms with Crippen molar-refractivity contribution in [3.8, 4) is 11.1 Å². The molecule has 0 atom stereocenters. The number of anilines is 2. The highest BCUT2D eigenvalue weighted by Crippen LogP contribution is 2.36. The number of aromatic nitrogens is 2. The minimum absolute atomic E-state index is 0.182. The maximum Gasteiger partial charge on any atom is 0.341 e. The highest BCUT2D eigenvalue weighted by atomic mass is 32.1. The Bertz CT molecular complexity index is 1940. The summed E-state index contributed by atoms with van der Waals surface area (Å²) in [6.45, 7) is 9.14. The second-order valence-corrected chi connectivity index (χ2v) is 12.1. The van der Waals surface area contributed by atoms with Gasteiger partial charge >= 0.3 is 5.97 Å². The number of esters is 1. The Balaban J connectivity index is 1.39. The zero-order chi connectivity index (χ0) is 30.8. The highest BCUT2D eigenvalue weighted by Gasteiger charge is 2.24. The van der Waals surface area contributed by atoms with E-state index in [1.54, 1.807) is 19.2 Å². The van der Waals surface area contributed by atoms with Gasteiger partial charge in [-0.3, -0.25) is 19.0 Å². The molecule has 2 N–H and O–H groups in total. The molecule has 11 heteroatoms. The van der Waals surface area contributed by atoms with Crippen molar-refractivity contribution in [1.29, 1.82) is 0 Å². The summed E-state index contributed by atoms with van der Waals surface area (Å²) < 4.78 is 6.48. The van der Waals surface area contributed by atoms with Crippen LogP contribution in [0.2, 0.25) is 0 Å². The van der Waals surface area contributed by atoms with Gasteiger partial charge in [0, 0.05) is 16.6 Å². The van der Waals surface area contributed by atoms with Crippen molar-refractivity contribution in [2.24, 2.45) is 0 Å². The molecule has 2 aromatic carbocycles. The third-order valence-electron chi connectivity index (χ3n) is 6.95. The lowest BCUT2D eigenvalue weighted by molar-refractivity contribution is -0.116. The largest absolute Gasteiger partial charge is 0.462 e. The van der Waals surface area contributed by atoms with Gasteiger partial charge in [-0.25, -0.2) is 9.78 Å². The van der Waals surface area contributed by atoms with E-state index in [-0.39, 0.29) is 30.0 Å². The van der Waals surface area contributed by atoms with Gasteiger partial charge in [0.2, 0.25) is 5.91 Å². The van der Waals surface area contributed by atoms with Crippen molar-refractivity contribution in [2.75, 3.05) is 17.2 Å². The smallest absolute Gasteiger partial charge is 0.341 e. The molecule has 5 aromatic rings. The number of fused-ring (bicyclic) bond motifs is 1. The first-order chi connectivity index (χ1) is 20.6. The molecule has 0 fully saturated rings. The number of aryl methyl sites for hydroxylation is 4. The highest BCUT2D eigenvalue weighted by molar-refractivity contribution is 7.20. The monoisotopic (exact) mass is 614 g/mol. The number of hydrogen-bond acceptors (Lipinski definition) is 8. The SMILES string of the molecule is CCOC(=O)c1c(-c2ccc(C)cc2)csc1NC(=O)Cn1cnc2sc(C(=O)Nc3ccc(C)cc3C)c(C)c2c1=O. The predicted octanol–water partition coefficient (Wildman–Crippen LogP) is 6.49. The van der Waals surface area contributed by atoms with E-state index in [0.29, 0.717) is 31.5 Å². The van der Waals surface area contributed by atoms with E-state index in [1.165, 1.54) is 22.2 Å². The Labute approximate surface area is 256 Å². The molecule has 5 rings (SSSR count). The molecule has 0 unspecified atom stereocenters. The first kappa shape index (κ1) is 29.9. The quantitative estimate of drug-likeness (QED) is 0.193. The number of nitrogens with one attached hydrogen (secondary N) is 2. The van der Waals surface area contributed by atoms with Crippen LogP contribution >= 0.6 is 22.7 Å². The second-order valence-electron chi connectivity index (χ2n) is 10.2. The Hall–Kier alpha value is -4.61. The Kier molecular flexibility index (Phi) is 8.56. The lowest BCUT2D eigenvalue weighted by Gasteiger charge is -2.10. The fourth-order valence-corrected chi connectivity index (χ4v) is 6.75. The summed E-state index contributed by atoms with van der Waals surface area (Å²) >= 11 is 2.34. The van der Waals surface area contributed by atoms with Crippen LogP contribution in [0.4, 0.5) is 10.7 Å². The van der Waals surface area contributed by atoms with Crippen LogP contribution in [0, 0.1) is 27.7 Å². The summed E-state index contributed by atoms with van der Waals surface area (Å²) in [6.07, 6.45) is 1.30. The van der Waals surface area contributed by atoms with Crippen molar-refractivity contribution in [2.45, 2.75) is 41.2 Å². The third-order valence-corrected chi connectivity index (χ3v) is 9.05. The van der Waals surface area contributed by atoms with Crippen LogP contribution in [-0.4, -0.2) is 33.9 Å². The summed E-state index contributed by atoms with van der Waals surface area (Å²) in [5, 5.41) is 8.12. The van der Waals surface area contributed by atoms with Crippen LogP contribution in [0.1, 0.15) is 49.2 Å². The Morgan fingerprint density at radius 3 is 2.40 bits per heavy atom. The first-order valence-corrected chi connectivity index (χ1v) is 15.3. The molecule has 0 aliphatic rings. The molecule has 9 nitrogen and oxygen atoms in total. The standard InChI is InChI=1S/C32H30N4O5S2/c1-6-41-32(40)26-22(21-10-7-17(2)8-11-21)15-42-30(26)35-24(37)14-36-16-33-29-25(31(36)39)20(5)27(43-29)28(38)34-23-12-9-18(3)13-19(23)4/h7-13,15-16H,6,14H2,1-5H3,(H,34,38)(H,35,37).